The lowest BCUT2D eigenvalue weighted by Gasteiger charge is -2.13. The first-order valence-electron chi connectivity index (χ1n) is 11.8. The van der Waals surface area contributed by atoms with Crippen LogP contribution in [-0.4, -0.2) is 38.4 Å². The summed E-state index contributed by atoms with van der Waals surface area (Å²) in [5.41, 5.74) is 5.95. The zero-order chi connectivity index (χ0) is 27.1. The van der Waals surface area contributed by atoms with Crippen LogP contribution in [0.4, 0.5) is 5.69 Å². The first-order chi connectivity index (χ1) is 18.3. The zero-order valence-corrected chi connectivity index (χ0v) is 22.0. The minimum atomic E-state index is -0.585. The van der Waals surface area contributed by atoms with Crippen LogP contribution in [0.15, 0.2) is 83.6 Å². The minimum Gasteiger partial charge on any atom is -0.454 e. The topological polar surface area (TPSA) is 92.3 Å². The predicted octanol–water partition coefficient (Wildman–Crippen LogP) is 5.11. The van der Waals surface area contributed by atoms with E-state index in [1.54, 1.807) is 43.3 Å². The number of nitrogens with zero attached hydrogens (tertiary/aromatic N) is 2. The summed E-state index contributed by atoms with van der Waals surface area (Å²) >= 11 is 6.18. The molecular formula is C29H27ClN4O4. The Morgan fingerprint density at radius 3 is 2.42 bits per heavy atom. The van der Waals surface area contributed by atoms with Crippen molar-refractivity contribution in [1.82, 2.24) is 10.7 Å². The number of hydrogen-bond donors (Lipinski definition) is 2. The van der Waals surface area contributed by atoms with E-state index in [0.717, 1.165) is 16.8 Å². The third kappa shape index (κ3) is 6.80. The molecule has 194 valence electrons. The number of hydrogen-bond acceptors (Lipinski definition) is 6. The minimum absolute atomic E-state index is 0.0174. The molecule has 8 nitrogen and oxygen atoms in total. The summed E-state index contributed by atoms with van der Waals surface area (Å²) in [5.74, 6) is 0.287. The number of allylic oxidation sites excluding steroid dienone is 1. The van der Waals surface area contributed by atoms with E-state index in [-0.39, 0.29) is 23.1 Å². The van der Waals surface area contributed by atoms with E-state index in [4.69, 9.17) is 21.1 Å². The molecule has 0 atom stereocenters. The molecule has 0 aromatic heterocycles. The Balaban J connectivity index is 1.51. The number of rotatable bonds is 8. The predicted molar refractivity (Wildman–Crippen MR) is 151 cm³/mol. The summed E-state index contributed by atoms with van der Waals surface area (Å²) in [6.45, 7) is 1.95. The van der Waals surface area contributed by atoms with Crippen molar-refractivity contribution < 1.29 is 19.1 Å². The van der Waals surface area contributed by atoms with Gasteiger partial charge in [0.1, 0.15) is 5.70 Å². The van der Waals surface area contributed by atoms with E-state index in [1.165, 1.54) is 0 Å². The summed E-state index contributed by atoms with van der Waals surface area (Å²) in [6.07, 6.45) is 5.18. The summed E-state index contributed by atoms with van der Waals surface area (Å²) in [5, 5.41) is 7.11. The lowest BCUT2D eigenvalue weighted by molar-refractivity contribution is -0.117. The number of anilines is 1. The van der Waals surface area contributed by atoms with Gasteiger partial charge in [-0.25, -0.2) is 5.43 Å². The van der Waals surface area contributed by atoms with Crippen molar-refractivity contribution in [3.63, 3.8) is 0 Å². The number of amides is 2. The van der Waals surface area contributed by atoms with Crippen molar-refractivity contribution in [3.05, 3.63) is 100 Å². The highest BCUT2D eigenvalue weighted by Gasteiger charge is 2.17. The molecule has 0 fully saturated rings. The van der Waals surface area contributed by atoms with Crippen LogP contribution in [0, 0.1) is 0 Å². The van der Waals surface area contributed by atoms with E-state index in [1.807, 2.05) is 67.5 Å². The van der Waals surface area contributed by atoms with Gasteiger partial charge < -0.3 is 19.7 Å². The first kappa shape index (κ1) is 26.5. The van der Waals surface area contributed by atoms with Gasteiger partial charge in [0.25, 0.3) is 11.8 Å². The molecule has 2 N–H and O–H groups in total. The van der Waals surface area contributed by atoms with E-state index in [9.17, 15) is 9.59 Å². The second-order valence-corrected chi connectivity index (χ2v) is 9.03. The van der Waals surface area contributed by atoms with E-state index < -0.39 is 11.8 Å². The fourth-order valence-electron chi connectivity index (χ4n) is 3.50. The lowest BCUT2D eigenvalue weighted by Crippen LogP contribution is -2.33. The maximum absolute atomic E-state index is 13.1. The number of carbonyl (C=O) groups excluding carboxylic acids is 2. The van der Waals surface area contributed by atoms with Gasteiger partial charge in [0.15, 0.2) is 11.5 Å². The van der Waals surface area contributed by atoms with Crippen LogP contribution in [0.25, 0.3) is 12.2 Å². The normalized spacial score (nSPS) is 12.9. The van der Waals surface area contributed by atoms with Crippen molar-refractivity contribution in [1.29, 1.82) is 0 Å². The monoisotopic (exact) mass is 530 g/mol. The van der Waals surface area contributed by atoms with Crippen LogP contribution >= 0.6 is 11.6 Å². The number of halogens is 1. The van der Waals surface area contributed by atoms with Gasteiger partial charge in [0, 0.05) is 19.8 Å². The average molecular weight is 531 g/mol. The summed E-state index contributed by atoms with van der Waals surface area (Å²) < 4.78 is 10.7. The van der Waals surface area contributed by atoms with Gasteiger partial charge in [-0.3, -0.25) is 9.59 Å². The van der Waals surface area contributed by atoms with Crippen LogP contribution < -0.4 is 25.1 Å². The molecule has 0 radical (unpaired) electrons. The molecule has 1 aliphatic heterocycles. The van der Waals surface area contributed by atoms with Crippen molar-refractivity contribution in [2.75, 3.05) is 25.8 Å². The Labute approximate surface area is 226 Å². The molecule has 38 heavy (non-hydrogen) atoms. The maximum atomic E-state index is 13.1. The average Bonchev–Trinajstić information content (AvgIpc) is 3.38. The van der Waals surface area contributed by atoms with Gasteiger partial charge >= 0.3 is 0 Å². The fraction of sp³-hybridized carbons (Fsp3) is 0.138. The molecule has 3 aromatic carbocycles. The zero-order valence-electron chi connectivity index (χ0n) is 21.2. The van der Waals surface area contributed by atoms with E-state index in [0.29, 0.717) is 17.2 Å². The molecule has 9 heteroatoms. The second-order valence-electron chi connectivity index (χ2n) is 8.62. The fourth-order valence-corrected chi connectivity index (χ4v) is 3.72. The van der Waals surface area contributed by atoms with E-state index >= 15 is 0 Å². The molecule has 0 spiro atoms. The Morgan fingerprint density at radius 2 is 1.68 bits per heavy atom. The van der Waals surface area contributed by atoms with Crippen LogP contribution in [0.1, 0.15) is 28.4 Å². The Morgan fingerprint density at radius 1 is 0.974 bits per heavy atom. The van der Waals surface area contributed by atoms with Gasteiger partial charge in [-0.05, 0) is 66.6 Å². The van der Waals surface area contributed by atoms with Gasteiger partial charge in [-0.15, -0.1) is 0 Å². The number of benzene rings is 3. The first-order valence-corrected chi connectivity index (χ1v) is 12.2. The Kier molecular flexibility index (Phi) is 8.45. The van der Waals surface area contributed by atoms with Gasteiger partial charge in [0.05, 0.1) is 16.3 Å². The highest BCUT2D eigenvalue weighted by atomic mass is 35.5. The van der Waals surface area contributed by atoms with Gasteiger partial charge in [0.2, 0.25) is 6.79 Å². The Hall–Kier alpha value is -4.56. The van der Waals surface area contributed by atoms with Crippen molar-refractivity contribution in [2.24, 2.45) is 5.10 Å². The summed E-state index contributed by atoms with van der Waals surface area (Å²) in [6, 6.07) is 19.7. The molecule has 0 bridgehead atoms. The van der Waals surface area contributed by atoms with Crippen molar-refractivity contribution in [2.45, 2.75) is 6.92 Å². The highest BCUT2D eigenvalue weighted by Crippen LogP contribution is 2.32. The third-order valence-electron chi connectivity index (χ3n) is 5.58. The van der Waals surface area contributed by atoms with Gasteiger partial charge in [-0.2, -0.15) is 5.10 Å². The molecule has 0 unspecified atom stereocenters. The largest absolute Gasteiger partial charge is 0.454 e. The van der Waals surface area contributed by atoms with Crippen molar-refractivity contribution >= 4 is 47.0 Å². The quantitative estimate of drug-likeness (QED) is 0.240. The SMILES string of the molecule is CC(/C=C/c1ccc2c(c1)OCO2)=N\NC(=O)/C(=C\c1ccc(N(C)C)cc1)NC(=O)c1ccccc1Cl. The Bertz CT molecular complexity index is 1430. The number of hydrazone groups is 1. The molecule has 0 aliphatic carbocycles. The summed E-state index contributed by atoms with van der Waals surface area (Å²) in [4.78, 5) is 28.0. The molecule has 1 aliphatic rings. The van der Waals surface area contributed by atoms with Crippen LogP contribution in [0.2, 0.25) is 5.02 Å². The molecule has 1 heterocycles. The number of ether oxygens (including phenoxy) is 2. The number of fused-ring (bicyclic) bond motifs is 1. The molecule has 3 aromatic rings. The van der Waals surface area contributed by atoms with Crippen LogP contribution in [0.3, 0.4) is 0 Å². The highest BCUT2D eigenvalue weighted by molar-refractivity contribution is 6.34. The van der Waals surface area contributed by atoms with Gasteiger partial charge in [-0.1, -0.05) is 48.0 Å². The third-order valence-corrected chi connectivity index (χ3v) is 5.91. The van der Waals surface area contributed by atoms with Crippen molar-refractivity contribution in [3.8, 4) is 11.5 Å². The maximum Gasteiger partial charge on any atom is 0.287 e. The summed E-state index contributed by atoms with van der Waals surface area (Å²) in [7, 11) is 3.88. The molecule has 0 saturated heterocycles. The second kappa shape index (κ2) is 12.1. The van der Waals surface area contributed by atoms with E-state index in [2.05, 4.69) is 15.8 Å². The molecule has 2 amide bonds. The number of carbonyl (C=O) groups is 2. The number of nitrogens with one attached hydrogen (secondary N) is 2. The lowest BCUT2D eigenvalue weighted by atomic mass is 10.1. The molecule has 4 rings (SSSR count). The van der Waals surface area contributed by atoms with Crippen LogP contribution in [-0.2, 0) is 4.79 Å². The molecular weight excluding hydrogens is 504 g/mol. The molecule has 0 saturated carbocycles. The smallest absolute Gasteiger partial charge is 0.287 e. The standard InChI is InChI=1S/C29H27ClN4O4/c1-19(8-9-21-12-15-26-27(17-21)38-18-37-26)32-33-29(36)25(16-20-10-13-22(14-11-20)34(2)3)31-28(35)23-6-4-5-7-24(23)30/h4-17H,18H2,1-3H3,(H,31,35)(H,33,36)/b9-8+,25-16+,32-19+. The van der Waals surface area contributed by atoms with Crippen LogP contribution in [0.5, 0.6) is 11.5 Å².